The van der Waals surface area contributed by atoms with Crippen molar-refractivity contribution in [1.82, 2.24) is 15.4 Å². The highest BCUT2D eigenvalue weighted by Gasteiger charge is 2.26. The maximum Gasteiger partial charge on any atom is 0.0976 e. The average molecular weight is 409 g/mol. The summed E-state index contributed by atoms with van der Waals surface area (Å²) >= 11 is 0. The van der Waals surface area contributed by atoms with Crippen molar-refractivity contribution in [3.8, 4) is 33.5 Å². The number of para-hydroxylation sites is 1. The van der Waals surface area contributed by atoms with Gasteiger partial charge in [0, 0.05) is 27.1 Å². The highest BCUT2D eigenvalue weighted by atomic mass is 15.3. The van der Waals surface area contributed by atoms with E-state index in [0.29, 0.717) is 0 Å². The van der Waals surface area contributed by atoms with Gasteiger partial charge >= 0.3 is 0 Å². The molecule has 0 atom stereocenters. The second kappa shape index (κ2) is 6.49. The van der Waals surface area contributed by atoms with E-state index in [1.54, 1.807) is 6.20 Å². The lowest BCUT2D eigenvalue weighted by Gasteiger charge is -2.15. The van der Waals surface area contributed by atoms with Gasteiger partial charge in [-0.25, -0.2) is 9.98 Å². The van der Waals surface area contributed by atoms with Crippen LogP contribution in [0.3, 0.4) is 0 Å². The van der Waals surface area contributed by atoms with Crippen LogP contribution in [-0.4, -0.2) is 15.4 Å². The smallest absolute Gasteiger partial charge is 0.0976 e. The molecule has 0 aliphatic carbocycles. The summed E-state index contributed by atoms with van der Waals surface area (Å²) in [6.45, 7) is 0. The summed E-state index contributed by atoms with van der Waals surface area (Å²) in [5, 5.41) is 16.4. The summed E-state index contributed by atoms with van der Waals surface area (Å²) in [5.74, 6) is 0. The normalized spacial score (nSPS) is 12.2. The molecular formula is C27H15N5. The molecule has 0 amide bonds. The fourth-order valence-corrected chi connectivity index (χ4v) is 4.74. The molecule has 0 radical (unpaired) electrons. The van der Waals surface area contributed by atoms with Crippen LogP contribution in [0.25, 0.3) is 33.5 Å². The summed E-state index contributed by atoms with van der Waals surface area (Å²) in [4.78, 5) is 9.97. The molecule has 0 saturated carbocycles. The lowest BCUT2D eigenvalue weighted by molar-refractivity contribution is 0.871. The standard InChI is InChI=1S/C27H15N5/c1-2-6-16(7-3-1)17-10-12-21-25(24(17)23-14-15-28-32-31-23)26-22(29-21)13-11-19-18-8-4-5-9-20(18)30-27(19)26/h1-15H. The highest BCUT2D eigenvalue weighted by molar-refractivity contribution is 6.02. The molecule has 32 heavy (non-hydrogen) atoms. The van der Waals surface area contributed by atoms with E-state index in [4.69, 9.17) is 9.98 Å². The van der Waals surface area contributed by atoms with E-state index in [1.165, 1.54) is 0 Å². The van der Waals surface area contributed by atoms with Gasteiger partial charge in [-0.3, -0.25) is 0 Å². The van der Waals surface area contributed by atoms with Gasteiger partial charge in [-0.05, 0) is 46.7 Å². The van der Waals surface area contributed by atoms with Crippen LogP contribution >= 0.6 is 0 Å². The molecule has 0 saturated heterocycles. The SMILES string of the molecule is c1ccc(-c2ccc3c(c2-c2ccnnn2)-c2c4c(ccc2=N3)=c2ccccc2=N4)cc1. The molecule has 7 rings (SSSR count). The number of rotatable bonds is 2. The summed E-state index contributed by atoms with van der Waals surface area (Å²) in [5.41, 5.74) is 7.98. The third kappa shape index (κ3) is 2.36. The van der Waals surface area contributed by atoms with Crippen molar-refractivity contribution >= 4 is 11.4 Å². The molecule has 1 aromatic heterocycles. The van der Waals surface area contributed by atoms with Gasteiger partial charge in [0.15, 0.2) is 0 Å². The van der Waals surface area contributed by atoms with E-state index in [1.807, 2.05) is 30.3 Å². The first-order valence-corrected chi connectivity index (χ1v) is 10.5. The fourth-order valence-electron chi connectivity index (χ4n) is 4.74. The molecule has 5 nitrogen and oxygen atoms in total. The van der Waals surface area contributed by atoms with E-state index >= 15 is 0 Å². The van der Waals surface area contributed by atoms with Gasteiger partial charge in [0.2, 0.25) is 0 Å². The Balaban J connectivity index is 1.63. The molecule has 5 heteroatoms. The van der Waals surface area contributed by atoms with Gasteiger partial charge in [-0.15, -0.1) is 10.2 Å². The largest absolute Gasteiger partial charge is 0.248 e. The van der Waals surface area contributed by atoms with Gasteiger partial charge in [0.25, 0.3) is 0 Å². The number of aromatic nitrogens is 3. The zero-order valence-corrected chi connectivity index (χ0v) is 16.9. The van der Waals surface area contributed by atoms with E-state index in [2.05, 4.69) is 70.0 Å². The maximum atomic E-state index is 5.01. The van der Waals surface area contributed by atoms with Crippen LogP contribution in [0.2, 0.25) is 0 Å². The van der Waals surface area contributed by atoms with E-state index in [0.717, 1.165) is 66.0 Å². The molecule has 0 spiro atoms. The first-order valence-electron chi connectivity index (χ1n) is 10.5. The molecule has 5 aromatic rings. The third-order valence-electron chi connectivity index (χ3n) is 6.10. The van der Waals surface area contributed by atoms with Gasteiger partial charge in [0.1, 0.15) is 0 Å². The predicted molar refractivity (Wildman–Crippen MR) is 122 cm³/mol. The van der Waals surface area contributed by atoms with Gasteiger partial charge in [-0.1, -0.05) is 54.6 Å². The minimum atomic E-state index is 0.770. The molecule has 0 bridgehead atoms. The number of hydrogen-bond donors (Lipinski definition) is 0. The van der Waals surface area contributed by atoms with Crippen LogP contribution in [0.15, 0.2) is 101 Å². The van der Waals surface area contributed by atoms with Crippen LogP contribution in [0.4, 0.5) is 11.4 Å². The first kappa shape index (κ1) is 17.2. The number of nitrogens with zero attached hydrogens (tertiary/aromatic N) is 5. The minimum absolute atomic E-state index is 0.770. The van der Waals surface area contributed by atoms with Crippen LogP contribution in [0, 0.1) is 10.4 Å². The lowest BCUT2D eigenvalue weighted by Crippen LogP contribution is -2.02. The topological polar surface area (TPSA) is 63.4 Å². The Morgan fingerprint density at radius 1 is 0.562 bits per heavy atom. The van der Waals surface area contributed by atoms with Crippen molar-refractivity contribution in [2.24, 2.45) is 9.98 Å². The van der Waals surface area contributed by atoms with Crippen molar-refractivity contribution in [2.45, 2.75) is 0 Å². The number of benzene rings is 4. The predicted octanol–water partition coefficient (Wildman–Crippen LogP) is 4.69. The molecule has 0 N–H and O–H groups in total. The van der Waals surface area contributed by atoms with Gasteiger partial charge < -0.3 is 0 Å². The Hall–Kier alpha value is -4.51. The average Bonchev–Trinajstić information content (AvgIpc) is 3.42. The Bertz CT molecular complexity index is 1760. The second-order valence-electron chi connectivity index (χ2n) is 7.85. The van der Waals surface area contributed by atoms with Crippen molar-refractivity contribution in [3.63, 3.8) is 0 Å². The molecule has 4 aromatic carbocycles. The summed E-state index contributed by atoms with van der Waals surface area (Å²) in [7, 11) is 0. The lowest BCUT2D eigenvalue weighted by atomic mass is 9.89. The fraction of sp³-hybridized carbons (Fsp3) is 0. The van der Waals surface area contributed by atoms with Crippen molar-refractivity contribution in [2.75, 3.05) is 0 Å². The molecular weight excluding hydrogens is 394 g/mol. The summed E-state index contributed by atoms with van der Waals surface area (Å²) < 4.78 is 0. The zero-order chi connectivity index (χ0) is 21.1. The van der Waals surface area contributed by atoms with Crippen LogP contribution in [0.5, 0.6) is 0 Å². The van der Waals surface area contributed by atoms with Crippen molar-refractivity contribution in [1.29, 1.82) is 0 Å². The second-order valence-corrected chi connectivity index (χ2v) is 7.85. The molecule has 2 aliphatic rings. The summed E-state index contributed by atoms with van der Waals surface area (Å²) in [6.07, 6.45) is 1.68. The Labute approximate surface area is 182 Å². The Morgan fingerprint density at radius 2 is 1.44 bits per heavy atom. The highest BCUT2D eigenvalue weighted by Crippen LogP contribution is 2.48. The van der Waals surface area contributed by atoms with E-state index in [-0.39, 0.29) is 0 Å². The summed E-state index contributed by atoms with van der Waals surface area (Å²) in [6, 6.07) is 28.9. The molecule has 0 unspecified atom stereocenters. The number of hydrogen-bond acceptors (Lipinski definition) is 5. The molecule has 2 aliphatic heterocycles. The minimum Gasteiger partial charge on any atom is -0.248 e. The Morgan fingerprint density at radius 3 is 2.31 bits per heavy atom. The monoisotopic (exact) mass is 409 g/mol. The maximum absolute atomic E-state index is 5.01. The zero-order valence-electron chi connectivity index (χ0n) is 16.9. The van der Waals surface area contributed by atoms with Crippen LogP contribution in [0.1, 0.15) is 0 Å². The van der Waals surface area contributed by atoms with E-state index in [9.17, 15) is 0 Å². The van der Waals surface area contributed by atoms with E-state index < -0.39 is 0 Å². The molecule has 148 valence electrons. The van der Waals surface area contributed by atoms with Crippen molar-refractivity contribution in [3.05, 3.63) is 112 Å². The van der Waals surface area contributed by atoms with Crippen molar-refractivity contribution < 1.29 is 0 Å². The van der Waals surface area contributed by atoms with Crippen LogP contribution < -0.4 is 10.7 Å². The Kier molecular flexibility index (Phi) is 3.49. The number of fused-ring (bicyclic) bond motifs is 6. The van der Waals surface area contributed by atoms with Crippen LogP contribution in [-0.2, 0) is 0 Å². The quantitative estimate of drug-likeness (QED) is 0.416. The van der Waals surface area contributed by atoms with Gasteiger partial charge in [0.05, 0.1) is 34.0 Å². The van der Waals surface area contributed by atoms with Gasteiger partial charge in [-0.2, -0.15) is 0 Å². The molecule has 3 heterocycles. The molecule has 0 fully saturated rings. The third-order valence-corrected chi connectivity index (χ3v) is 6.10. The first-order chi connectivity index (χ1) is 15.9.